The number of alkyl halides is 3. The average molecular weight is 777 g/mol. The number of nitrogens with one attached hydrogen (secondary N) is 3. The van der Waals surface area contributed by atoms with Gasteiger partial charge in [-0.25, -0.2) is 13.6 Å². The highest BCUT2D eigenvalue weighted by molar-refractivity contribution is 6.30. The molecule has 0 aliphatic carbocycles. The zero-order valence-electron chi connectivity index (χ0n) is 32.6. The molecule has 1 fully saturated rings. The first-order chi connectivity index (χ1) is 25.4. The maximum atomic E-state index is 14.7. The van der Waals surface area contributed by atoms with E-state index in [4.69, 9.17) is 16.3 Å². The van der Waals surface area contributed by atoms with Gasteiger partial charge in [0.25, 0.3) is 0 Å². The Kier molecular flexibility index (Phi) is 28.7. The minimum atomic E-state index is -4.38. The van der Waals surface area contributed by atoms with Crippen LogP contribution in [-0.4, -0.2) is 62.1 Å². The minimum absolute atomic E-state index is 0.0155. The van der Waals surface area contributed by atoms with Crippen molar-refractivity contribution in [2.24, 2.45) is 0 Å². The molecule has 3 aromatic rings. The van der Waals surface area contributed by atoms with Gasteiger partial charge in [-0.1, -0.05) is 85.2 Å². The summed E-state index contributed by atoms with van der Waals surface area (Å²) in [6.45, 7) is 18.0. The number of anilines is 1. The predicted octanol–water partition coefficient (Wildman–Crippen LogP) is 10.5. The summed E-state index contributed by atoms with van der Waals surface area (Å²) in [7, 11) is 0.992. The molecule has 0 saturated carbocycles. The van der Waals surface area contributed by atoms with Gasteiger partial charge in [-0.15, -0.1) is 0 Å². The largest absolute Gasteiger partial charge is 0.453 e. The number of rotatable bonds is 9. The van der Waals surface area contributed by atoms with Crippen molar-refractivity contribution in [2.45, 2.75) is 106 Å². The standard InChI is InChI=1S/C27H28ClF2N3O2.C4H6F3NO2.4C2H6/c1-17-16-35-20(14-32-17)9-10-22-24(29)3-2-4-26(22)33-27(34)13-23(18-5-7-19(28)8-6-18)21-11-12-31-15-25(21)30;1-10-3(9)8-2-4(5,6)7;4*1-2/h2-8,11-12,15,17,20,23,32H,9-10,13-14,16H2,1H3,(H,33,34);2H2,1H3,(H,8,9);4*1-2H3/t17-,20-,23+;;;;;/m1...../s1. The van der Waals surface area contributed by atoms with Crippen LogP contribution in [-0.2, 0) is 20.7 Å². The van der Waals surface area contributed by atoms with E-state index in [0.29, 0.717) is 53.9 Å². The fourth-order valence-electron chi connectivity index (χ4n) is 4.55. The molecular weight excluding hydrogens is 719 g/mol. The first kappa shape index (κ1) is 51.3. The Labute approximate surface area is 317 Å². The maximum Gasteiger partial charge on any atom is 0.407 e. The van der Waals surface area contributed by atoms with Crippen molar-refractivity contribution >= 4 is 29.3 Å². The van der Waals surface area contributed by atoms with E-state index in [-0.39, 0.29) is 24.2 Å². The summed E-state index contributed by atoms with van der Waals surface area (Å²) in [4.78, 5) is 27.0. The molecule has 1 saturated heterocycles. The highest BCUT2D eigenvalue weighted by Crippen LogP contribution is 2.31. The minimum Gasteiger partial charge on any atom is -0.453 e. The van der Waals surface area contributed by atoms with Crippen LogP contribution in [0.25, 0.3) is 0 Å². The Morgan fingerprint density at radius 1 is 0.981 bits per heavy atom. The molecule has 2 amide bonds. The number of benzene rings is 2. The summed E-state index contributed by atoms with van der Waals surface area (Å²) >= 11 is 6.02. The SMILES string of the molecule is CC.CC.CC.CC.COC(=O)NCC(F)(F)F.C[C@@H]1CO[C@H](CCc2c(F)cccc2NC(=O)C[C@@H](c2ccc(Cl)cc2)c2ccncc2F)CN1. The quantitative estimate of drug-likeness (QED) is 0.187. The molecule has 3 N–H and O–H groups in total. The molecule has 4 rings (SSSR count). The molecule has 1 aliphatic heterocycles. The molecule has 1 aliphatic rings. The number of carbonyl (C=O) groups is 2. The summed E-state index contributed by atoms with van der Waals surface area (Å²) in [6, 6.07) is 13.4. The molecule has 0 unspecified atom stereocenters. The van der Waals surface area contributed by atoms with E-state index in [1.54, 1.807) is 42.5 Å². The summed E-state index contributed by atoms with van der Waals surface area (Å²) in [5, 5.41) is 8.24. The van der Waals surface area contributed by atoms with Crippen LogP contribution in [0, 0.1) is 11.6 Å². The first-order valence-electron chi connectivity index (χ1n) is 18.0. The number of aromatic nitrogens is 1. The maximum absolute atomic E-state index is 14.7. The molecule has 1 aromatic heterocycles. The third-order valence-electron chi connectivity index (χ3n) is 6.84. The molecule has 0 bridgehead atoms. The molecule has 2 aromatic carbocycles. The van der Waals surface area contributed by atoms with Gasteiger partial charge in [0.15, 0.2) is 0 Å². The number of ether oxygens (including phenoxy) is 2. The summed E-state index contributed by atoms with van der Waals surface area (Å²) in [6.07, 6.45) is -1.85. The average Bonchev–Trinajstić information content (AvgIpc) is 3.17. The lowest BCUT2D eigenvalue weighted by Crippen LogP contribution is -2.44. The molecular formula is C39H58ClF5N4O4. The number of hydrogen-bond donors (Lipinski definition) is 3. The predicted molar refractivity (Wildman–Crippen MR) is 205 cm³/mol. The summed E-state index contributed by atoms with van der Waals surface area (Å²) < 4.78 is 72.9. The van der Waals surface area contributed by atoms with Gasteiger partial charge in [0.2, 0.25) is 5.91 Å². The van der Waals surface area contributed by atoms with Crippen LogP contribution in [0.2, 0.25) is 5.02 Å². The number of pyridine rings is 1. The lowest BCUT2D eigenvalue weighted by molar-refractivity contribution is -0.123. The molecule has 300 valence electrons. The monoisotopic (exact) mass is 776 g/mol. The number of carbonyl (C=O) groups excluding carboxylic acids is 2. The van der Waals surface area contributed by atoms with Crippen LogP contribution >= 0.6 is 11.6 Å². The van der Waals surface area contributed by atoms with Gasteiger partial charge in [0.1, 0.15) is 18.2 Å². The molecule has 0 radical (unpaired) electrons. The summed E-state index contributed by atoms with van der Waals surface area (Å²) in [5.74, 6) is -1.79. The first-order valence-corrected chi connectivity index (χ1v) is 18.4. The van der Waals surface area contributed by atoms with Gasteiger partial charge in [-0.3, -0.25) is 9.78 Å². The van der Waals surface area contributed by atoms with Crippen LogP contribution < -0.4 is 16.0 Å². The van der Waals surface area contributed by atoms with Crippen molar-refractivity contribution in [1.29, 1.82) is 0 Å². The van der Waals surface area contributed by atoms with Crippen LogP contribution in [0.1, 0.15) is 97.8 Å². The molecule has 2 heterocycles. The number of nitrogens with zero attached hydrogens (tertiary/aromatic N) is 1. The normalized spacial score (nSPS) is 14.9. The zero-order chi connectivity index (χ0) is 41.0. The fraction of sp³-hybridized carbons (Fsp3) is 0.513. The second kappa shape index (κ2) is 29.6. The van der Waals surface area contributed by atoms with Gasteiger partial charge in [0, 0.05) is 47.4 Å². The molecule has 14 heteroatoms. The number of hydrogen-bond acceptors (Lipinski definition) is 6. The molecule has 8 nitrogen and oxygen atoms in total. The van der Waals surface area contributed by atoms with Crippen LogP contribution in [0.3, 0.4) is 0 Å². The third kappa shape index (κ3) is 20.9. The van der Waals surface area contributed by atoms with E-state index < -0.39 is 30.5 Å². The number of alkyl carbamates (subject to hydrolysis) is 1. The van der Waals surface area contributed by atoms with Crippen molar-refractivity contribution in [3.8, 4) is 0 Å². The van der Waals surface area contributed by atoms with Crippen molar-refractivity contribution in [3.05, 3.63) is 94.3 Å². The lowest BCUT2D eigenvalue weighted by Gasteiger charge is -2.28. The Balaban J connectivity index is 0. The van der Waals surface area contributed by atoms with Gasteiger partial charge < -0.3 is 25.4 Å². The van der Waals surface area contributed by atoms with Crippen LogP contribution in [0.4, 0.5) is 32.4 Å². The Morgan fingerprint density at radius 2 is 1.60 bits per heavy atom. The number of halogens is 6. The summed E-state index contributed by atoms with van der Waals surface area (Å²) in [5.41, 5.74) is 1.94. The fourth-order valence-corrected chi connectivity index (χ4v) is 4.68. The molecule has 53 heavy (non-hydrogen) atoms. The van der Waals surface area contributed by atoms with Crippen molar-refractivity contribution in [1.82, 2.24) is 15.6 Å². The Morgan fingerprint density at radius 3 is 2.13 bits per heavy atom. The second-order valence-corrected chi connectivity index (χ2v) is 10.7. The number of amides is 2. The molecule has 3 atom stereocenters. The van der Waals surface area contributed by atoms with Crippen molar-refractivity contribution < 1.29 is 41.0 Å². The Hall–Kier alpha value is -3.81. The van der Waals surface area contributed by atoms with Gasteiger partial charge >= 0.3 is 12.3 Å². The highest BCUT2D eigenvalue weighted by Gasteiger charge is 2.28. The van der Waals surface area contributed by atoms with Gasteiger partial charge in [-0.2, -0.15) is 13.2 Å². The topological polar surface area (TPSA) is 102 Å². The smallest absolute Gasteiger partial charge is 0.407 e. The van der Waals surface area contributed by atoms with E-state index >= 15 is 0 Å². The molecule has 0 spiro atoms. The van der Waals surface area contributed by atoms with E-state index in [9.17, 15) is 31.5 Å². The van der Waals surface area contributed by atoms with E-state index in [1.807, 2.05) is 55.4 Å². The lowest BCUT2D eigenvalue weighted by atomic mass is 9.88. The van der Waals surface area contributed by atoms with Crippen LogP contribution in [0.15, 0.2) is 60.9 Å². The van der Waals surface area contributed by atoms with E-state index in [2.05, 4.69) is 27.3 Å². The zero-order valence-corrected chi connectivity index (χ0v) is 33.4. The van der Waals surface area contributed by atoms with Gasteiger partial charge in [-0.05, 0) is 61.2 Å². The number of methoxy groups -OCH3 is 1. The second-order valence-electron chi connectivity index (χ2n) is 10.3. The Bertz CT molecular complexity index is 1410. The van der Waals surface area contributed by atoms with Crippen molar-refractivity contribution in [3.63, 3.8) is 0 Å². The third-order valence-corrected chi connectivity index (χ3v) is 7.10. The number of morpholine rings is 1. The highest BCUT2D eigenvalue weighted by atomic mass is 35.5. The van der Waals surface area contributed by atoms with Crippen molar-refractivity contribution in [2.75, 3.05) is 32.1 Å². The van der Waals surface area contributed by atoms with Crippen LogP contribution in [0.5, 0.6) is 0 Å². The van der Waals surface area contributed by atoms with E-state index in [1.165, 1.54) is 17.6 Å². The van der Waals surface area contributed by atoms with E-state index in [0.717, 1.165) is 18.9 Å². The van der Waals surface area contributed by atoms with Gasteiger partial charge in [0.05, 0.1) is 26.0 Å².